The Balaban J connectivity index is 1.93. The van der Waals surface area contributed by atoms with Gasteiger partial charge in [0.25, 0.3) is 0 Å². The molecule has 0 fully saturated rings. The van der Waals surface area contributed by atoms with Gasteiger partial charge in [0.05, 0.1) is 5.54 Å². The maximum Gasteiger partial charge on any atom is 0.161 e. The first-order chi connectivity index (χ1) is 9.20. The van der Waals surface area contributed by atoms with Crippen molar-refractivity contribution in [3.63, 3.8) is 0 Å². The summed E-state index contributed by atoms with van der Waals surface area (Å²) in [6.07, 6.45) is 4.79. The molecule has 1 aromatic heterocycles. The number of aromatic nitrogens is 1. The highest BCUT2D eigenvalue weighted by Gasteiger charge is 2.28. The Labute approximate surface area is 117 Å². The summed E-state index contributed by atoms with van der Waals surface area (Å²) in [5, 5.41) is 6.79. The molecule has 1 aliphatic heterocycles. The molecule has 0 amide bonds. The molecule has 2 heterocycles. The van der Waals surface area contributed by atoms with Crippen LogP contribution in [-0.4, -0.2) is 21.4 Å². The second-order valence-corrected chi connectivity index (χ2v) is 6.05. The Hall–Kier alpha value is -1.55. The summed E-state index contributed by atoms with van der Waals surface area (Å²) in [6, 6.07) is 8.26. The van der Waals surface area contributed by atoms with Gasteiger partial charge >= 0.3 is 0 Å². The number of anilines is 1. The summed E-state index contributed by atoms with van der Waals surface area (Å²) >= 11 is 1.80. The molecule has 0 bridgehead atoms. The first-order valence-corrected chi connectivity index (χ1v) is 7.51. The molecule has 0 saturated heterocycles. The van der Waals surface area contributed by atoms with E-state index in [4.69, 9.17) is 4.99 Å². The van der Waals surface area contributed by atoms with Gasteiger partial charge in [0.1, 0.15) is 0 Å². The predicted molar refractivity (Wildman–Crippen MR) is 84.0 cm³/mol. The van der Waals surface area contributed by atoms with Crippen LogP contribution >= 0.6 is 11.8 Å². The van der Waals surface area contributed by atoms with Crippen molar-refractivity contribution >= 4 is 33.4 Å². The van der Waals surface area contributed by atoms with Gasteiger partial charge in [0.15, 0.2) is 5.17 Å². The molecular weight excluding hydrogens is 254 g/mol. The van der Waals surface area contributed by atoms with Crippen molar-refractivity contribution in [1.82, 2.24) is 4.98 Å². The molecule has 1 atom stereocenters. The molecule has 0 radical (unpaired) electrons. The van der Waals surface area contributed by atoms with Crippen LogP contribution < -0.4 is 5.32 Å². The monoisotopic (exact) mass is 271 g/mol. The number of hydrogen-bond donors (Lipinski definition) is 1. The topological polar surface area (TPSA) is 37.3 Å². The molecule has 98 valence electrons. The van der Waals surface area contributed by atoms with Gasteiger partial charge in [-0.05, 0) is 30.9 Å². The highest BCUT2D eigenvalue weighted by atomic mass is 32.2. The lowest BCUT2D eigenvalue weighted by Crippen LogP contribution is -2.20. The van der Waals surface area contributed by atoms with Crippen LogP contribution in [0.5, 0.6) is 0 Å². The van der Waals surface area contributed by atoms with Crippen LogP contribution in [0.4, 0.5) is 5.69 Å². The van der Waals surface area contributed by atoms with Gasteiger partial charge < -0.3 is 5.32 Å². The molecule has 0 spiro atoms. The zero-order chi connectivity index (χ0) is 13.3. The van der Waals surface area contributed by atoms with E-state index in [0.717, 1.165) is 28.4 Å². The number of pyridine rings is 1. The number of aliphatic imine (C=N–C) groups is 1. The fourth-order valence-electron chi connectivity index (χ4n) is 2.12. The first-order valence-electron chi connectivity index (χ1n) is 6.53. The van der Waals surface area contributed by atoms with E-state index in [9.17, 15) is 0 Å². The zero-order valence-electron chi connectivity index (χ0n) is 11.2. The van der Waals surface area contributed by atoms with E-state index in [1.807, 2.05) is 18.5 Å². The Kier molecular flexibility index (Phi) is 3.19. The number of hydrogen-bond acceptors (Lipinski definition) is 4. The van der Waals surface area contributed by atoms with Gasteiger partial charge in [-0.1, -0.05) is 30.8 Å². The van der Waals surface area contributed by atoms with Crippen LogP contribution in [0.15, 0.2) is 41.7 Å². The van der Waals surface area contributed by atoms with Crippen molar-refractivity contribution in [1.29, 1.82) is 0 Å². The minimum Gasteiger partial charge on any atom is -0.334 e. The highest BCUT2D eigenvalue weighted by Crippen LogP contribution is 2.32. The van der Waals surface area contributed by atoms with E-state index < -0.39 is 0 Å². The smallest absolute Gasteiger partial charge is 0.161 e. The number of fused-ring (bicyclic) bond motifs is 1. The largest absolute Gasteiger partial charge is 0.334 e. The Morgan fingerprint density at radius 3 is 3.05 bits per heavy atom. The van der Waals surface area contributed by atoms with Crippen molar-refractivity contribution in [2.75, 3.05) is 11.1 Å². The summed E-state index contributed by atoms with van der Waals surface area (Å²) < 4.78 is 0. The molecule has 0 saturated carbocycles. The minimum atomic E-state index is 0.0792. The number of rotatable bonds is 2. The summed E-state index contributed by atoms with van der Waals surface area (Å²) in [7, 11) is 0. The van der Waals surface area contributed by atoms with Gasteiger partial charge in [0, 0.05) is 29.2 Å². The second-order valence-electron chi connectivity index (χ2n) is 5.08. The standard InChI is InChI=1S/C15H17N3S/c1-3-15(2)10-19-14(18-15)17-13-6-4-5-11-7-8-16-9-12(11)13/h4-9H,3,10H2,1-2H3,(H,17,18). The Bertz CT molecular complexity index is 633. The molecule has 1 aromatic carbocycles. The van der Waals surface area contributed by atoms with Crippen LogP contribution in [0.1, 0.15) is 20.3 Å². The molecule has 0 aliphatic carbocycles. The van der Waals surface area contributed by atoms with Gasteiger partial charge in [-0.25, -0.2) is 0 Å². The van der Waals surface area contributed by atoms with Gasteiger partial charge in [-0.3, -0.25) is 9.98 Å². The molecule has 1 N–H and O–H groups in total. The first kappa shape index (κ1) is 12.5. The van der Waals surface area contributed by atoms with Crippen molar-refractivity contribution in [3.05, 3.63) is 36.7 Å². The molecular formula is C15H17N3S. The number of nitrogens with one attached hydrogen (secondary N) is 1. The molecule has 4 heteroatoms. The molecule has 1 unspecified atom stereocenters. The quantitative estimate of drug-likeness (QED) is 0.899. The third kappa shape index (κ3) is 2.45. The second kappa shape index (κ2) is 4.85. The van der Waals surface area contributed by atoms with Crippen molar-refractivity contribution < 1.29 is 0 Å². The van der Waals surface area contributed by atoms with E-state index in [1.165, 1.54) is 5.39 Å². The van der Waals surface area contributed by atoms with Crippen LogP contribution in [0.2, 0.25) is 0 Å². The van der Waals surface area contributed by atoms with Gasteiger partial charge in [-0.2, -0.15) is 0 Å². The molecule has 2 aromatic rings. The lowest BCUT2D eigenvalue weighted by atomic mass is 10.0. The normalized spacial score (nSPS) is 22.5. The van der Waals surface area contributed by atoms with Crippen LogP contribution in [0, 0.1) is 0 Å². The lowest BCUT2D eigenvalue weighted by Gasteiger charge is -2.15. The summed E-state index contributed by atoms with van der Waals surface area (Å²) in [5.41, 5.74) is 1.16. The summed E-state index contributed by atoms with van der Waals surface area (Å²) in [4.78, 5) is 8.99. The van der Waals surface area contributed by atoms with E-state index in [0.29, 0.717) is 0 Å². The van der Waals surface area contributed by atoms with Crippen LogP contribution in [-0.2, 0) is 0 Å². The summed E-state index contributed by atoms with van der Waals surface area (Å²) in [5.74, 6) is 1.05. The molecule has 1 aliphatic rings. The molecule has 3 nitrogen and oxygen atoms in total. The number of nitrogens with zero attached hydrogens (tertiary/aromatic N) is 2. The Morgan fingerprint density at radius 1 is 1.37 bits per heavy atom. The maximum atomic E-state index is 4.79. The maximum absolute atomic E-state index is 4.79. The third-order valence-electron chi connectivity index (χ3n) is 3.58. The van der Waals surface area contributed by atoms with E-state index in [1.54, 1.807) is 11.8 Å². The van der Waals surface area contributed by atoms with E-state index in [-0.39, 0.29) is 5.54 Å². The van der Waals surface area contributed by atoms with Gasteiger partial charge in [0.2, 0.25) is 0 Å². The van der Waals surface area contributed by atoms with Gasteiger partial charge in [-0.15, -0.1) is 0 Å². The molecule has 19 heavy (non-hydrogen) atoms. The van der Waals surface area contributed by atoms with E-state index >= 15 is 0 Å². The number of thioether (sulfide) groups is 1. The number of amidine groups is 1. The lowest BCUT2D eigenvalue weighted by molar-refractivity contribution is 0.523. The highest BCUT2D eigenvalue weighted by molar-refractivity contribution is 8.14. The zero-order valence-corrected chi connectivity index (χ0v) is 12.0. The fraction of sp³-hybridized carbons (Fsp3) is 0.333. The average Bonchev–Trinajstić information content (AvgIpc) is 2.82. The molecule has 3 rings (SSSR count). The van der Waals surface area contributed by atoms with E-state index in [2.05, 4.69) is 42.3 Å². The predicted octanol–water partition coefficient (Wildman–Crippen LogP) is 3.92. The summed E-state index contributed by atoms with van der Waals surface area (Å²) in [6.45, 7) is 4.40. The van der Waals surface area contributed by atoms with Crippen molar-refractivity contribution in [3.8, 4) is 0 Å². The van der Waals surface area contributed by atoms with Crippen molar-refractivity contribution in [2.45, 2.75) is 25.8 Å². The minimum absolute atomic E-state index is 0.0792. The fourth-order valence-corrected chi connectivity index (χ4v) is 3.30. The van der Waals surface area contributed by atoms with Crippen molar-refractivity contribution in [2.24, 2.45) is 4.99 Å². The van der Waals surface area contributed by atoms with Crippen LogP contribution in [0.25, 0.3) is 10.8 Å². The SMILES string of the molecule is CCC1(C)CSC(Nc2cccc3ccncc23)=N1. The number of benzene rings is 1. The van der Waals surface area contributed by atoms with Crippen LogP contribution in [0.3, 0.4) is 0 Å². The third-order valence-corrected chi connectivity index (χ3v) is 4.81. The average molecular weight is 271 g/mol. The Morgan fingerprint density at radius 2 is 2.26 bits per heavy atom.